The van der Waals surface area contributed by atoms with Gasteiger partial charge in [0.05, 0.1) is 31.5 Å². The van der Waals surface area contributed by atoms with Crippen molar-refractivity contribution in [1.29, 1.82) is 0 Å². The average Bonchev–Trinajstić information content (AvgIpc) is 3.52. The van der Waals surface area contributed by atoms with Crippen LogP contribution in [0.4, 0.5) is 5.82 Å². The molecule has 0 radical (unpaired) electrons. The molecule has 29 heavy (non-hydrogen) atoms. The number of aromatic nitrogens is 5. The largest absolute Gasteiger partial charge is 0.497 e. The van der Waals surface area contributed by atoms with Gasteiger partial charge in [0, 0.05) is 18.0 Å². The maximum Gasteiger partial charge on any atom is 0.183 e. The number of fused-ring (bicyclic) bond motifs is 6. The molecule has 0 saturated heterocycles. The van der Waals surface area contributed by atoms with Crippen molar-refractivity contribution in [2.24, 2.45) is 11.0 Å². The third kappa shape index (κ3) is 2.39. The van der Waals surface area contributed by atoms with Gasteiger partial charge in [-0.3, -0.25) is 10.3 Å². The monoisotopic (exact) mass is 390 g/mol. The summed E-state index contributed by atoms with van der Waals surface area (Å²) in [6, 6.07) is 8.26. The molecule has 0 bridgehead atoms. The highest BCUT2D eigenvalue weighted by atomic mass is 16.5. The lowest BCUT2D eigenvalue weighted by atomic mass is 9.80. The third-order valence-corrected chi connectivity index (χ3v) is 6.32. The molecule has 6 rings (SSSR count). The van der Waals surface area contributed by atoms with E-state index in [9.17, 15) is 0 Å². The fourth-order valence-corrected chi connectivity index (χ4v) is 5.00. The van der Waals surface area contributed by atoms with Gasteiger partial charge in [-0.1, -0.05) is 24.1 Å². The second-order valence-electron chi connectivity index (χ2n) is 7.79. The zero-order valence-corrected chi connectivity index (χ0v) is 16.1. The van der Waals surface area contributed by atoms with E-state index in [-0.39, 0.29) is 6.17 Å². The summed E-state index contributed by atoms with van der Waals surface area (Å²) in [6.07, 6.45) is 10.7. The molecule has 3 atom stereocenters. The Morgan fingerprint density at radius 1 is 1.17 bits per heavy atom. The van der Waals surface area contributed by atoms with E-state index in [1.165, 1.54) is 25.7 Å². The van der Waals surface area contributed by atoms with Gasteiger partial charge in [-0.2, -0.15) is 5.10 Å². The van der Waals surface area contributed by atoms with E-state index < -0.39 is 0 Å². The van der Waals surface area contributed by atoms with Crippen molar-refractivity contribution in [2.45, 2.75) is 37.9 Å². The second kappa shape index (κ2) is 6.33. The molecule has 2 aliphatic heterocycles. The summed E-state index contributed by atoms with van der Waals surface area (Å²) in [5.74, 6) is 3.15. The standard InChI is InChI=1S/C20H22N8O/c1-29-14-6-4-5-13(9-14)28-17(10-22-25-28)20-24-23-19-15-7-2-3-8-16(15)26-12-21-11-18(26)27(19)20/h4-6,9-12,15-16,19,23H,2-3,7-8H2,1H3. The highest BCUT2D eigenvalue weighted by Crippen LogP contribution is 2.45. The molecule has 9 heteroatoms. The molecule has 3 aliphatic rings. The van der Waals surface area contributed by atoms with Gasteiger partial charge in [0.15, 0.2) is 5.84 Å². The van der Waals surface area contributed by atoms with Crippen LogP contribution in [0.5, 0.6) is 5.75 Å². The Balaban J connectivity index is 1.44. The SMILES string of the molecule is COc1cccc(-n2nncc2C2=NNC3C4CCCCC4n4cncc4N23)c1. The zero-order valence-electron chi connectivity index (χ0n) is 16.1. The topological polar surface area (TPSA) is 85.4 Å². The lowest BCUT2D eigenvalue weighted by molar-refractivity contribution is 0.176. The molecular formula is C20H22N8O. The van der Waals surface area contributed by atoms with Crippen molar-refractivity contribution in [3.63, 3.8) is 0 Å². The van der Waals surface area contributed by atoms with Gasteiger partial charge in [0.2, 0.25) is 0 Å². The van der Waals surface area contributed by atoms with Crippen molar-refractivity contribution in [3.8, 4) is 11.4 Å². The number of anilines is 1. The smallest absolute Gasteiger partial charge is 0.183 e. The van der Waals surface area contributed by atoms with Crippen molar-refractivity contribution < 1.29 is 4.74 Å². The number of hydrogen-bond donors (Lipinski definition) is 1. The van der Waals surface area contributed by atoms with Gasteiger partial charge < -0.3 is 9.30 Å². The predicted octanol–water partition coefficient (Wildman–Crippen LogP) is 2.31. The molecule has 9 nitrogen and oxygen atoms in total. The first-order valence-electron chi connectivity index (χ1n) is 10.0. The van der Waals surface area contributed by atoms with Crippen LogP contribution in [0.25, 0.3) is 5.69 Å². The van der Waals surface area contributed by atoms with Crippen molar-refractivity contribution >= 4 is 11.7 Å². The molecule has 1 saturated carbocycles. The summed E-state index contributed by atoms with van der Waals surface area (Å²) < 4.78 is 9.50. The minimum Gasteiger partial charge on any atom is -0.497 e. The van der Waals surface area contributed by atoms with Crippen LogP contribution in [0.2, 0.25) is 0 Å². The summed E-state index contributed by atoms with van der Waals surface area (Å²) in [7, 11) is 1.66. The Morgan fingerprint density at radius 3 is 3.03 bits per heavy atom. The van der Waals surface area contributed by atoms with Crippen molar-refractivity contribution in [2.75, 3.05) is 12.0 Å². The molecule has 0 amide bonds. The van der Waals surface area contributed by atoms with Gasteiger partial charge in [-0.15, -0.1) is 5.10 Å². The minimum absolute atomic E-state index is 0.133. The van der Waals surface area contributed by atoms with E-state index in [0.717, 1.165) is 28.8 Å². The maximum atomic E-state index is 5.37. The van der Waals surface area contributed by atoms with Gasteiger partial charge in [0.1, 0.15) is 23.4 Å². The lowest BCUT2D eigenvalue weighted by Gasteiger charge is -2.45. The van der Waals surface area contributed by atoms with Crippen LogP contribution in [0.3, 0.4) is 0 Å². The molecule has 1 aliphatic carbocycles. The minimum atomic E-state index is 0.133. The normalized spacial score (nSPS) is 24.9. The fourth-order valence-electron chi connectivity index (χ4n) is 5.00. The van der Waals surface area contributed by atoms with Crippen molar-refractivity contribution in [3.05, 3.63) is 48.7 Å². The molecule has 3 aromatic rings. The number of amidine groups is 1. The number of methoxy groups -OCH3 is 1. The number of ether oxygens (including phenoxy) is 1. The number of rotatable bonds is 3. The molecule has 148 valence electrons. The summed E-state index contributed by atoms with van der Waals surface area (Å²) in [6.45, 7) is 0. The van der Waals surface area contributed by atoms with Gasteiger partial charge in [-0.05, 0) is 25.0 Å². The lowest BCUT2D eigenvalue weighted by Crippen LogP contribution is -2.53. The summed E-state index contributed by atoms with van der Waals surface area (Å²) in [4.78, 5) is 6.72. The van der Waals surface area contributed by atoms with Crippen LogP contribution in [0.1, 0.15) is 37.4 Å². The molecule has 1 N–H and O–H groups in total. The van der Waals surface area contributed by atoms with E-state index >= 15 is 0 Å². The van der Waals surface area contributed by atoms with Crippen molar-refractivity contribution in [1.82, 2.24) is 30.0 Å². The molecule has 4 heterocycles. The number of imidazole rings is 1. The second-order valence-corrected chi connectivity index (χ2v) is 7.79. The van der Waals surface area contributed by atoms with Crippen LogP contribution in [0, 0.1) is 5.92 Å². The Labute approximate surface area is 168 Å². The quantitative estimate of drug-likeness (QED) is 0.739. The third-order valence-electron chi connectivity index (χ3n) is 6.32. The van der Waals surface area contributed by atoms with Crippen LogP contribution in [0.15, 0.2) is 48.1 Å². The Kier molecular flexibility index (Phi) is 3.62. The van der Waals surface area contributed by atoms with E-state index in [2.05, 4.69) is 30.2 Å². The Bertz CT molecular complexity index is 1090. The van der Waals surface area contributed by atoms with Crippen LogP contribution in [-0.2, 0) is 0 Å². The van der Waals surface area contributed by atoms with E-state index in [1.54, 1.807) is 18.0 Å². The van der Waals surface area contributed by atoms with E-state index in [4.69, 9.17) is 9.84 Å². The Hall–Kier alpha value is -3.36. The number of nitrogens with zero attached hydrogens (tertiary/aromatic N) is 7. The first-order chi connectivity index (χ1) is 14.3. The van der Waals surface area contributed by atoms with Crippen LogP contribution >= 0.6 is 0 Å². The number of nitrogens with one attached hydrogen (secondary N) is 1. The van der Waals surface area contributed by atoms with Crippen LogP contribution < -0.4 is 15.1 Å². The number of hydrogen-bond acceptors (Lipinski definition) is 7. The fraction of sp³-hybridized carbons (Fsp3) is 0.400. The highest BCUT2D eigenvalue weighted by molar-refractivity contribution is 6.10. The molecule has 0 spiro atoms. The van der Waals surface area contributed by atoms with Crippen LogP contribution in [-0.4, -0.2) is 43.7 Å². The first-order valence-corrected chi connectivity index (χ1v) is 10.0. The maximum absolute atomic E-state index is 5.37. The van der Waals surface area contributed by atoms with Gasteiger partial charge in [0.25, 0.3) is 0 Å². The van der Waals surface area contributed by atoms with Gasteiger partial charge in [-0.25, -0.2) is 9.67 Å². The summed E-state index contributed by atoms with van der Waals surface area (Å²) in [5.41, 5.74) is 5.11. The van der Waals surface area contributed by atoms with E-state index in [0.29, 0.717) is 12.0 Å². The number of hydrazone groups is 1. The number of benzene rings is 1. The highest BCUT2D eigenvalue weighted by Gasteiger charge is 2.47. The first kappa shape index (κ1) is 16.6. The summed E-state index contributed by atoms with van der Waals surface area (Å²) in [5, 5.41) is 13.2. The Morgan fingerprint density at radius 2 is 2.10 bits per heavy atom. The van der Waals surface area contributed by atoms with E-state index in [1.807, 2.05) is 36.8 Å². The molecule has 1 aromatic carbocycles. The van der Waals surface area contributed by atoms with Gasteiger partial charge >= 0.3 is 0 Å². The molecular weight excluding hydrogens is 368 g/mol. The average molecular weight is 390 g/mol. The summed E-state index contributed by atoms with van der Waals surface area (Å²) >= 11 is 0. The molecule has 1 fully saturated rings. The molecule has 3 unspecified atom stereocenters. The zero-order chi connectivity index (χ0) is 19.4. The molecule has 2 aromatic heterocycles. The predicted molar refractivity (Wildman–Crippen MR) is 107 cm³/mol.